The molecule has 1 unspecified atom stereocenters. The molecule has 2 aliphatic rings. The fourth-order valence-corrected chi connectivity index (χ4v) is 4.57. The summed E-state index contributed by atoms with van der Waals surface area (Å²) in [5.74, 6) is 1.34. The predicted octanol–water partition coefficient (Wildman–Crippen LogP) is 3.35. The zero-order chi connectivity index (χ0) is 22.1. The van der Waals surface area contributed by atoms with Crippen molar-refractivity contribution in [3.8, 4) is 17.2 Å². The first kappa shape index (κ1) is 21.0. The van der Waals surface area contributed by atoms with Gasteiger partial charge < -0.3 is 24.0 Å². The van der Waals surface area contributed by atoms with Gasteiger partial charge in [-0.15, -0.1) is 0 Å². The van der Waals surface area contributed by atoms with Gasteiger partial charge >= 0.3 is 0 Å². The van der Waals surface area contributed by atoms with Gasteiger partial charge in [0, 0.05) is 31.3 Å². The molecule has 1 fully saturated rings. The second-order valence-electron chi connectivity index (χ2n) is 7.95. The number of carbonyl (C=O) groups excluding carboxylic acids is 2. The maximum absolute atomic E-state index is 13.5. The third kappa shape index (κ3) is 3.69. The minimum absolute atomic E-state index is 0.0267. The van der Waals surface area contributed by atoms with Gasteiger partial charge in [-0.1, -0.05) is 6.07 Å². The molecule has 0 radical (unpaired) electrons. The van der Waals surface area contributed by atoms with Crippen LogP contribution in [0.1, 0.15) is 24.0 Å². The highest BCUT2D eigenvalue weighted by Gasteiger charge is 2.39. The van der Waals surface area contributed by atoms with Crippen LogP contribution in [0, 0.1) is 12.8 Å². The molecule has 1 saturated heterocycles. The van der Waals surface area contributed by atoms with Crippen LogP contribution in [-0.2, 0) is 16.0 Å². The summed E-state index contributed by atoms with van der Waals surface area (Å²) in [5.41, 5.74) is 3.86. The smallest absolute Gasteiger partial charge is 0.232 e. The van der Waals surface area contributed by atoms with Gasteiger partial charge in [0.25, 0.3) is 0 Å². The molecule has 2 aliphatic heterocycles. The van der Waals surface area contributed by atoms with Crippen LogP contribution < -0.4 is 24.0 Å². The number of methoxy groups -OCH3 is 3. The van der Waals surface area contributed by atoms with Gasteiger partial charge in [0.15, 0.2) is 11.5 Å². The highest BCUT2D eigenvalue weighted by Crippen LogP contribution is 2.40. The lowest BCUT2D eigenvalue weighted by Crippen LogP contribution is -2.41. The number of fused-ring (bicyclic) bond motifs is 1. The van der Waals surface area contributed by atoms with E-state index in [1.165, 1.54) is 0 Å². The van der Waals surface area contributed by atoms with Crippen molar-refractivity contribution >= 4 is 23.2 Å². The van der Waals surface area contributed by atoms with Crippen LogP contribution in [0.25, 0.3) is 0 Å². The Bertz CT molecular complexity index is 1020. The van der Waals surface area contributed by atoms with E-state index >= 15 is 0 Å². The number of benzene rings is 2. The highest BCUT2D eigenvalue weighted by molar-refractivity contribution is 6.05. The van der Waals surface area contributed by atoms with Gasteiger partial charge in [-0.2, -0.15) is 0 Å². The van der Waals surface area contributed by atoms with Gasteiger partial charge in [0.05, 0.1) is 32.9 Å². The first-order valence-corrected chi connectivity index (χ1v) is 10.5. The number of hydrogen-bond acceptors (Lipinski definition) is 5. The fourth-order valence-electron chi connectivity index (χ4n) is 4.57. The third-order valence-electron chi connectivity index (χ3n) is 6.20. The Morgan fingerprint density at radius 3 is 2.42 bits per heavy atom. The summed E-state index contributed by atoms with van der Waals surface area (Å²) in [6, 6.07) is 9.30. The van der Waals surface area contributed by atoms with Crippen molar-refractivity contribution in [3.05, 3.63) is 41.5 Å². The zero-order valence-electron chi connectivity index (χ0n) is 18.4. The average Bonchev–Trinajstić information content (AvgIpc) is 3.19. The summed E-state index contributed by atoms with van der Waals surface area (Å²) in [6.45, 7) is 3.03. The number of hydrogen-bond donors (Lipinski definition) is 0. The molecule has 1 atom stereocenters. The molecule has 31 heavy (non-hydrogen) atoms. The number of amides is 2. The number of ether oxygens (including phenoxy) is 3. The molecule has 0 aliphatic carbocycles. The number of aryl methyl sites for hydroxylation is 1. The summed E-state index contributed by atoms with van der Waals surface area (Å²) in [4.78, 5) is 29.8. The van der Waals surface area contributed by atoms with Gasteiger partial charge in [0.1, 0.15) is 5.75 Å². The lowest BCUT2D eigenvalue weighted by atomic mass is 9.94. The van der Waals surface area contributed by atoms with E-state index in [2.05, 4.69) is 6.92 Å². The molecular weight excluding hydrogens is 396 g/mol. The van der Waals surface area contributed by atoms with Gasteiger partial charge in [0.2, 0.25) is 11.8 Å². The molecule has 0 bridgehead atoms. The molecule has 0 N–H and O–H groups in total. The quantitative estimate of drug-likeness (QED) is 0.736. The topological polar surface area (TPSA) is 68.3 Å². The summed E-state index contributed by atoms with van der Waals surface area (Å²) < 4.78 is 16.2. The van der Waals surface area contributed by atoms with Crippen molar-refractivity contribution in [1.29, 1.82) is 0 Å². The van der Waals surface area contributed by atoms with E-state index in [0.717, 1.165) is 29.7 Å². The molecule has 4 rings (SSSR count). The van der Waals surface area contributed by atoms with Crippen LogP contribution in [0.3, 0.4) is 0 Å². The SMILES string of the molecule is COc1ccc(N2CC(C(=O)N3CCCc4c(C)ccc(OC)c43)CC2=O)cc1OC. The molecule has 0 spiro atoms. The van der Waals surface area contributed by atoms with Crippen molar-refractivity contribution in [2.24, 2.45) is 5.92 Å². The molecule has 2 amide bonds. The minimum atomic E-state index is -0.406. The monoisotopic (exact) mass is 424 g/mol. The van der Waals surface area contributed by atoms with Crippen LogP contribution in [-0.4, -0.2) is 46.2 Å². The Balaban J connectivity index is 1.60. The van der Waals surface area contributed by atoms with Gasteiger partial charge in [-0.3, -0.25) is 9.59 Å². The van der Waals surface area contributed by atoms with Gasteiger partial charge in [-0.25, -0.2) is 0 Å². The molecular formula is C24H28N2O5. The van der Waals surface area contributed by atoms with E-state index in [1.54, 1.807) is 38.4 Å². The minimum Gasteiger partial charge on any atom is -0.495 e. The molecule has 2 aromatic rings. The van der Waals surface area contributed by atoms with Crippen molar-refractivity contribution in [3.63, 3.8) is 0 Å². The predicted molar refractivity (Wildman–Crippen MR) is 118 cm³/mol. The summed E-state index contributed by atoms with van der Waals surface area (Å²) in [6.07, 6.45) is 2.00. The molecule has 2 heterocycles. The largest absolute Gasteiger partial charge is 0.495 e. The van der Waals surface area contributed by atoms with Gasteiger partial charge in [-0.05, 0) is 49.1 Å². The molecule has 0 aromatic heterocycles. The number of carbonyl (C=O) groups is 2. The fraction of sp³-hybridized carbons (Fsp3) is 0.417. The second kappa shape index (κ2) is 8.49. The Morgan fingerprint density at radius 2 is 1.71 bits per heavy atom. The Kier molecular flexibility index (Phi) is 5.76. The van der Waals surface area contributed by atoms with E-state index < -0.39 is 5.92 Å². The Labute approximate surface area is 182 Å². The number of anilines is 2. The maximum atomic E-state index is 13.5. The lowest BCUT2D eigenvalue weighted by molar-refractivity contribution is -0.124. The second-order valence-corrected chi connectivity index (χ2v) is 7.95. The Hall–Kier alpha value is -3.22. The molecule has 164 valence electrons. The van der Waals surface area contributed by atoms with Crippen LogP contribution in [0.5, 0.6) is 17.2 Å². The van der Waals surface area contributed by atoms with Crippen molar-refractivity contribution in [1.82, 2.24) is 0 Å². The number of nitrogens with zero attached hydrogens (tertiary/aromatic N) is 2. The van der Waals surface area contributed by atoms with E-state index in [0.29, 0.717) is 36.0 Å². The Morgan fingerprint density at radius 1 is 1.00 bits per heavy atom. The van der Waals surface area contributed by atoms with E-state index in [-0.39, 0.29) is 18.2 Å². The van der Waals surface area contributed by atoms with Crippen LogP contribution >= 0.6 is 0 Å². The number of rotatable bonds is 5. The maximum Gasteiger partial charge on any atom is 0.232 e. The molecule has 7 heteroatoms. The summed E-state index contributed by atoms with van der Waals surface area (Å²) in [5, 5.41) is 0. The molecule has 7 nitrogen and oxygen atoms in total. The first-order valence-electron chi connectivity index (χ1n) is 10.5. The lowest BCUT2D eigenvalue weighted by Gasteiger charge is -2.33. The third-order valence-corrected chi connectivity index (χ3v) is 6.20. The molecule has 2 aromatic carbocycles. The van der Waals surface area contributed by atoms with Crippen LogP contribution in [0.15, 0.2) is 30.3 Å². The standard InChI is InChI=1S/C24H28N2O5/c1-15-7-9-20(30-3)23-18(15)6-5-11-25(23)24(28)16-12-22(27)26(14-16)17-8-10-19(29-2)21(13-17)31-4/h7-10,13,16H,5-6,11-12,14H2,1-4H3. The van der Waals surface area contributed by atoms with E-state index in [4.69, 9.17) is 14.2 Å². The highest BCUT2D eigenvalue weighted by atomic mass is 16.5. The summed E-state index contributed by atoms with van der Waals surface area (Å²) >= 11 is 0. The van der Waals surface area contributed by atoms with Crippen LogP contribution in [0.2, 0.25) is 0 Å². The first-order chi connectivity index (χ1) is 15.0. The van der Waals surface area contributed by atoms with E-state index in [9.17, 15) is 9.59 Å². The van der Waals surface area contributed by atoms with Crippen molar-refractivity contribution < 1.29 is 23.8 Å². The normalized spacial score (nSPS) is 18.1. The molecule has 0 saturated carbocycles. The van der Waals surface area contributed by atoms with Crippen LogP contribution in [0.4, 0.5) is 11.4 Å². The average molecular weight is 424 g/mol. The van der Waals surface area contributed by atoms with Crippen molar-refractivity contribution in [2.75, 3.05) is 44.2 Å². The van der Waals surface area contributed by atoms with Crippen molar-refractivity contribution in [2.45, 2.75) is 26.2 Å². The van der Waals surface area contributed by atoms with E-state index in [1.807, 2.05) is 23.1 Å². The zero-order valence-corrected chi connectivity index (χ0v) is 18.4. The summed E-state index contributed by atoms with van der Waals surface area (Å²) in [7, 11) is 4.75.